The number of carbonyl (C=O) groups is 1. The number of hydrogen-bond donors (Lipinski definition) is 5. The van der Waals surface area contributed by atoms with Gasteiger partial charge in [-0.2, -0.15) is 0 Å². The van der Waals surface area contributed by atoms with Gasteiger partial charge in [0.15, 0.2) is 0 Å². The minimum Gasteiger partial charge on any atom is -0.480 e. The molecule has 102 valence electrons. The van der Waals surface area contributed by atoms with Crippen LogP contribution in [0.25, 0.3) is 5.57 Å². The summed E-state index contributed by atoms with van der Waals surface area (Å²) in [4.78, 5) is 10.9. The van der Waals surface area contributed by atoms with Gasteiger partial charge in [-0.3, -0.25) is 11.7 Å². The zero-order valence-corrected chi connectivity index (χ0v) is 10.4. The van der Waals surface area contributed by atoms with Crippen molar-refractivity contribution in [2.24, 2.45) is 17.4 Å². The van der Waals surface area contributed by atoms with Crippen LogP contribution in [0.5, 0.6) is 0 Å². The first-order chi connectivity index (χ1) is 9.01. The monoisotopic (exact) mass is 262 g/mol. The topological polar surface area (TPSA) is 141 Å². The van der Waals surface area contributed by atoms with Gasteiger partial charge in [-0.15, -0.1) is 0 Å². The Labute approximate surface area is 111 Å². The third-order valence-electron chi connectivity index (χ3n) is 2.86. The van der Waals surface area contributed by atoms with Crippen LogP contribution in [0.4, 0.5) is 5.69 Å². The van der Waals surface area contributed by atoms with Crippen LogP contribution in [0.3, 0.4) is 0 Å². The first-order valence-corrected chi connectivity index (χ1v) is 5.62. The van der Waals surface area contributed by atoms with E-state index in [2.05, 4.69) is 11.7 Å². The van der Waals surface area contributed by atoms with Crippen molar-refractivity contribution in [1.29, 1.82) is 0 Å². The van der Waals surface area contributed by atoms with Gasteiger partial charge >= 0.3 is 5.97 Å². The Morgan fingerprint density at radius 3 is 2.21 bits per heavy atom. The van der Waals surface area contributed by atoms with Crippen molar-refractivity contribution in [2.45, 2.75) is 12.0 Å². The summed E-state index contributed by atoms with van der Waals surface area (Å²) in [6, 6.07) is 7.42. The van der Waals surface area contributed by atoms with E-state index in [-0.39, 0.29) is 0 Å². The fourth-order valence-corrected chi connectivity index (χ4v) is 1.70. The Kier molecular flexibility index (Phi) is 4.82. The summed E-state index contributed by atoms with van der Waals surface area (Å²) in [6.45, 7) is 0. The Morgan fingerprint density at radius 2 is 1.79 bits per heavy atom. The largest absolute Gasteiger partial charge is 0.480 e. The average molecular weight is 262 g/mol. The van der Waals surface area contributed by atoms with Gasteiger partial charge in [0.2, 0.25) is 0 Å². The average Bonchev–Trinajstić information content (AvgIpc) is 2.43. The number of nitrogens with two attached hydrogens (primary N) is 4. The zero-order valence-electron chi connectivity index (χ0n) is 10.4. The summed E-state index contributed by atoms with van der Waals surface area (Å²) in [5.41, 5.74) is 12.7. The van der Waals surface area contributed by atoms with Gasteiger partial charge in [0, 0.05) is 5.69 Å². The van der Waals surface area contributed by atoms with E-state index in [0.29, 0.717) is 12.1 Å². The molecular formula is C13H18N4O2. The van der Waals surface area contributed by atoms with Gasteiger partial charge in [0.05, 0.1) is 0 Å². The van der Waals surface area contributed by atoms with Gasteiger partial charge < -0.3 is 16.6 Å². The van der Waals surface area contributed by atoms with Crippen LogP contribution >= 0.6 is 0 Å². The van der Waals surface area contributed by atoms with E-state index in [4.69, 9.17) is 16.6 Å². The third-order valence-corrected chi connectivity index (χ3v) is 2.86. The molecule has 1 unspecified atom stereocenters. The molecule has 0 saturated carbocycles. The Morgan fingerprint density at radius 1 is 1.21 bits per heavy atom. The molecule has 0 amide bonds. The summed E-state index contributed by atoms with van der Waals surface area (Å²) in [7, 11) is 0. The molecule has 1 aliphatic rings. The molecule has 0 saturated heterocycles. The highest BCUT2D eigenvalue weighted by molar-refractivity contribution is 5.86. The predicted molar refractivity (Wildman–Crippen MR) is 75.5 cm³/mol. The molecule has 0 heterocycles. The standard InChI is InChI=1S/C13H14N2O2.H4N2/c14-11-3-1-9(2-4-11)10-5-7-13(15,8-6-10)12(16)17;1-2/h1-7H,8,14-15H2,(H,16,17);1-2H2. The Balaban J connectivity index is 0.000000861. The van der Waals surface area contributed by atoms with Crippen LogP contribution in [0.15, 0.2) is 42.5 Å². The van der Waals surface area contributed by atoms with Crippen molar-refractivity contribution < 1.29 is 9.90 Å². The van der Waals surface area contributed by atoms with Crippen molar-refractivity contribution in [3.63, 3.8) is 0 Å². The number of anilines is 1. The molecule has 0 aromatic heterocycles. The number of nitrogen functional groups attached to an aromatic ring is 1. The van der Waals surface area contributed by atoms with Gasteiger partial charge in [0.25, 0.3) is 0 Å². The second-order valence-electron chi connectivity index (χ2n) is 4.16. The molecular weight excluding hydrogens is 244 g/mol. The maximum atomic E-state index is 10.9. The number of benzene rings is 1. The fraction of sp³-hybridized carbons (Fsp3) is 0.154. The van der Waals surface area contributed by atoms with Gasteiger partial charge in [-0.25, -0.2) is 4.79 Å². The Hall–Kier alpha value is -2.15. The molecule has 9 N–H and O–H groups in total. The molecule has 1 aromatic rings. The minimum atomic E-state index is -1.28. The third kappa shape index (κ3) is 3.41. The SMILES string of the molecule is NN.Nc1ccc(C2=CCC(N)(C(=O)O)C=C2)cc1. The van der Waals surface area contributed by atoms with E-state index >= 15 is 0 Å². The molecule has 0 aliphatic heterocycles. The van der Waals surface area contributed by atoms with Gasteiger partial charge in [0.1, 0.15) is 5.54 Å². The molecule has 1 aromatic carbocycles. The summed E-state index contributed by atoms with van der Waals surface area (Å²) in [5, 5.41) is 8.97. The maximum Gasteiger partial charge on any atom is 0.328 e. The highest BCUT2D eigenvalue weighted by Gasteiger charge is 2.31. The lowest BCUT2D eigenvalue weighted by Crippen LogP contribution is -2.46. The molecule has 0 radical (unpaired) electrons. The highest BCUT2D eigenvalue weighted by atomic mass is 16.4. The normalized spacial score (nSPS) is 21.1. The molecule has 2 rings (SSSR count). The number of hydrazine groups is 1. The lowest BCUT2D eigenvalue weighted by molar-refractivity contribution is -0.141. The number of aliphatic carboxylic acids is 1. The van der Waals surface area contributed by atoms with Crippen LogP contribution in [0.1, 0.15) is 12.0 Å². The molecule has 0 spiro atoms. The number of rotatable bonds is 2. The first kappa shape index (κ1) is 14.9. The van der Waals surface area contributed by atoms with E-state index in [9.17, 15) is 4.79 Å². The van der Waals surface area contributed by atoms with E-state index < -0.39 is 11.5 Å². The van der Waals surface area contributed by atoms with E-state index in [1.54, 1.807) is 6.08 Å². The number of carboxylic acid groups (broad SMARTS) is 1. The first-order valence-electron chi connectivity index (χ1n) is 5.62. The lowest BCUT2D eigenvalue weighted by atomic mass is 9.87. The quantitative estimate of drug-likeness (QED) is 0.293. The fourth-order valence-electron chi connectivity index (χ4n) is 1.70. The van der Waals surface area contributed by atoms with Crippen LogP contribution in [0.2, 0.25) is 0 Å². The summed E-state index contributed by atoms with van der Waals surface area (Å²) >= 11 is 0. The minimum absolute atomic E-state index is 0.290. The summed E-state index contributed by atoms with van der Waals surface area (Å²) in [6.07, 6.45) is 5.39. The molecule has 0 bridgehead atoms. The van der Waals surface area contributed by atoms with Crippen molar-refractivity contribution in [2.75, 3.05) is 5.73 Å². The second kappa shape index (κ2) is 6.14. The van der Waals surface area contributed by atoms with E-state index in [0.717, 1.165) is 11.1 Å². The van der Waals surface area contributed by atoms with Crippen LogP contribution < -0.4 is 23.2 Å². The van der Waals surface area contributed by atoms with Gasteiger partial charge in [-0.05, 0) is 29.7 Å². The van der Waals surface area contributed by atoms with E-state index in [1.165, 1.54) is 6.08 Å². The zero-order chi connectivity index (χ0) is 14.5. The highest BCUT2D eigenvalue weighted by Crippen LogP contribution is 2.26. The van der Waals surface area contributed by atoms with Crippen molar-refractivity contribution in [3.8, 4) is 0 Å². The van der Waals surface area contributed by atoms with Crippen molar-refractivity contribution >= 4 is 17.2 Å². The molecule has 6 nitrogen and oxygen atoms in total. The number of carboxylic acids is 1. The van der Waals surface area contributed by atoms with Crippen LogP contribution in [-0.4, -0.2) is 16.6 Å². The van der Waals surface area contributed by atoms with Gasteiger partial charge in [-0.1, -0.05) is 30.4 Å². The molecule has 19 heavy (non-hydrogen) atoms. The summed E-state index contributed by atoms with van der Waals surface area (Å²) < 4.78 is 0. The molecule has 6 heteroatoms. The van der Waals surface area contributed by atoms with Crippen molar-refractivity contribution in [3.05, 3.63) is 48.1 Å². The predicted octanol–water partition coefficient (Wildman–Crippen LogP) is 0.213. The van der Waals surface area contributed by atoms with Crippen LogP contribution in [0, 0.1) is 0 Å². The maximum absolute atomic E-state index is 10.9. The smallest absolute Gasteiger partial charge is 0.328 e. The molecule has 0 fully saturated rings. The molecule has 1 atom stereocenters. The Bertz CT molecular complexity index is 508. The number of hydrogen-bond acceptors (Lipinski definition) is 5. The van der Waals surface area contributed by atoms with Crippen molar-refractivity contribution in [1.82, 2.24) is 0 Å². The van der Waals surface area contributed by atoms with Crippen LogP contribution in [-0.2, 0) is 4.79 Å². The molecule has 1 aliphatic carbocycles. The lowest BCUT2D eigenvalue weighted by Gasteiger charge is -2.23. The second-order valence-corrected chi connectivity index (χ2v) is 4.16. The number of allylic oxidation sites excluding steroid dienone is 2. The summed E-state index contributed by atoms with van der Waals surface area (Å²) in [5.74, 6) is 6.99. The van der Waals surface area contributed by atoms with E-state index in [1.807, 2.05) is 30.3 Å².